The normalized spacial score (nSPS) is 15.5. The fourth-order valence-corrected chi connectivity index (χ4v) is 2.99. The van der Waals surface area contributed by atoms with Crippen LogP contribution in [0.4, 0.5) is 0 Å². The van der Waals surface area contributed by atoms with Gasteiger partial charge in [0.2, 0.25) is 5.91 Å². The van der Waals surface area contributed by atoms with Gasteiger partial charge in [0.05, 0.1) is 16.8 Å². The first-order valence-electron chi connectivity index (χ1n) is 8.19. The van der Waals surface area contributed by atoms with E-state index < -0.39 is 11.4 Å². The first-order chi connectivity index (χ1) is 11.6. The highest BCUT2D eigenvalue weighted by atomic mass is 16.4. The van der Waals surface area contributed by atoms with Crippen LogP contribution in [-0.4, -0.2) is 33.3 Å². The van der Waals surface area contributed by atoms with Crippen LogP contribution >= 0.6 is 0 Å². The molecule has 1 fully saturated rings. The summed E-state index contributed by atoms with van der Waals surface area (Å²) in [6.45, 7) is 0.459. The fourth-order valence-electron chi connectivity index (χ4n) is 2.99. The van der Waals surface area contributed by atoms with Gasteiger partial charge in [0.15, 0.2) is 0 Å². The number of amides is 1. The third-order valence-corrected chi connectivity index (χ3v) is 4.63. The molecule has 0 atom stereocenters. The van der Waals surface area contributed by atoms with E-state index >= 15 is 0 Å². The molecule has 0 radical (unpaired) electrons. The van der Waals surface area contributed by atoms with Gasteiger partial charge in [-0.15, -0.1) is 0 Å². The molecule has 1 saturated carbocycles. The molecule has 1 aliphatic rings. The Hall–Kier alpha value is -2.63. The standard InChI is InChI=1S/C18H21N3O3/c22-16(13-18(17(23)24)9-4-10-18)19-11-7-14-8-12-21(20-14)15-5-2-1-3-6-15/h1-3,5-6,8,12H,4,7,9-11,13H2,(H,19,22)(H,23,24). The SMILES string of the molecule is O=C(CC1(C(=O)O)CCC1)NCCc1ccn(-c2ccccc2)n1. The molecular formula is C18H21N3O3. The largest absolute Gasteiger partial charge is 0.481 e. The van der Waals surface area contributed by atoms with Gasteiger partial charge in [0.25, 0.3) is 0 Å². The van der Waals surface area contributed by atoms with E-state index in [9.17, 15) is 14.7 Å². The van der Waals surface area contributed by atoms with Crippen molar-refractivity contribution in [2.45, 2.75) is 32.1 Å². The van der Waals surface area contributed by atoms with Gasteiger partial charge in [-0.05, 0) is 31.0 Å². The van der Waals surface area contributed by atoms with Gasteiger partial charge >= 0.3 is 5.97 Å². The Kier molecular flexibility index (Phi) is 4.64. The number of carboxylic acid groups (broad SMARTS) is 1. The summed E-state index contributed by atoms with van der Waals surface area (Å²) in [7, 11) is 0. The third kappa shape index (κ3) is 3.48. The number of aliphatic carboxylic acids is 1. The monoisotopic (exact) mass is 327 g/mol. The van der Waals surface area contributed by atoms with Crippen molar-refractivity contribution in [2.75, 3.05) is 6.54 Å². The van der Waals surface area contributed by atoms with Crippen LogP contribution in [0.2, 0.25) is 0 Å². The van der Waals surface area contributed by atoms with E-state index in [0.29, 0.717) is 25.8 Å². The minimum Gasteiger partial charge on any atom is -0.481 e. The Morgan fingerprint density at radius 3 is 2.58 bits per heavy atom. The predicted molar refractivity (Wildman–Crippen MR) is 88.8 cm³/mol. The van der Waals surface area contributed by atoms with Gasteiger partial charge in [-0.2, -0.15) is 5.10 Å². The number of carboxylic acids is 1. The van der Waals surface area contributed by atoms with Crippen molar-refractivity contribution in [3.63, 3.8) is 0 Å². The van der Waals surface area contributed by atoms with E-state index in [1.165, 1.54) is 0 Å². The predicted octanol–water partition coefficient (Wildman–Crippen LogP) is 2.18. The topological polar surface area (TPSA) is 84.2 Å². The Bertz CT molecular complexity index is 720. The minimum absolute atomic E-state index is 0.0702. The molecule has 1 aromatic heterocycles. The molecule has 0 unspecified atom stereocenters. The highest BCUT2D eigenvalue weighted by Gasteiger charge is 2.45. The molecule has 0 bridgehead atoms. The maximum atomic E-state index is 12.0. The molecule has 6 heteroatoms. The van der Waals surface area contributed by atoms with Crippen LogP contribution in [0.15, 0.2) is 42.6 Å². The van der Waals surface area contributed by atoms with Crippen LogP contribution in [0.25, 0.3) is 5.69 Å². The molecule has 1 heterocycles. The molecule has 1 amide bonds. The molecule has 0 saturated heterocycles. The summed E-state index contributed by atoms with van der Waals surface area (Å²) >= 11 is 0. The fraction of sp³-hybridized carbons (Fsp3) is 0.389. The van der Waals surface area contributed by atoms with Crippen LogP contribution < -0.4 is 5.32 Å². The number of para-hydroxylation sites is 1. The Labute approximate surface area is 140 Å². The maximum absolute atomic E-state index is 12.0. The second-order valence-corrected chi connectivity index (χ2v) is 6.30. The number of hydrogen-bond donors (Lipinski definition) is 2. The highest BCUT2D eigenvalue weighted by Crippen LogP contribution is 2.44. The molecule has 0 aliphatic heterocycles. The van der Waals surface area contributed by atoms with Gasteiger partial charge in [0, 0.05) is 25.6 Å². The summed E-state index contributed by atoms with van der Waals surface area (Å²) in [6, 6.07) is 11.7. The van der Waals surface area contributed by atoms with Crippen LogP contribution in [0.3, 0.4) is 0 Å². The van der Waals surface area contributed by atoms with Gasteiger partial charge in [0.1, 0.15) is 0 Å². The van der Waals surface area contributed by atoms with E-state index in [4.69, 9.17) is 0 Å². The van der Waals surface area contributed by atoms with Crippen LogP contribution in [0.5, 0.6) is 0 Å². The smallest absolute Gasteiger partial charge is 0.310 e. The van der Waals surface area contributed by atoms with Crippen LogP contribution in [0.1, 0.15) is 31.4 Å². The number of hydrogen-bond acceptors (Lipinski definition) is 3. The molecule has 1 aromatic carbocycles. The molecule has 3 rings (SSSR count). The summed E-state index contributed by atoms with van der Waals surface area (Å²) in [4.78, 5) is 23.3. The average Bonchev–Trinajstić information content (AvgIpc) is 3.00. The average molecular weight is 327 g/mol. The second kappa shape index (κ2) is 6.86. The molecule has 0 spiro atoms. The molecular weight excluding hydrogens is 306 g/mol. The molecule has 1 aliphatic carbocycles. The number of aromatic nitrogens is 2. The number of carbonyl (C=O) groups excluding carboxylic acids is 1. The van der Waals surface area contributed by atoms with E-state index in [0.717, 1.165) is 17.8 Å². The van der Waals surface area contributed by atoms with Crippen LogP contribution in [-0.2, 0) is 16.0 Å². The summed E-state index contributed by atoms with van der Waals surface area (Å²) < 4.78 is 1.80. The zero-order chi connectivity index (χ0) is 17.0. The van der Waals surface area contributed by atoms with E-state index in [1.807, 2.05) is 42.6 Å². The van der Waals surface area contributed by atoms with Crippen molar-refractivity contribution in [3.8, 4) is 5.69 Å². The van der Waals surface area contributed by atoms with E-state index in [2.05, 4.69) is 10.4 Å². The lowest BCUT2D eigenvalue weighted by Crippen LogP contribution is -2.42. The first kappa shape index (κ1) is 16.2. The Morgan fingerprint density at radius 1 is 1.21 bits per heavy atom. The van der Waals surface area contributed by atoms with Crippen molar-refractivity contribution in [3.05, 3.63) is 48.3 Å². The van der Waals surface area contributed by atoms with Gasteiger partial charge in [-0.25, -0.2) is 4.68 Å². The second-order valence-electron chi connectivity index (χ2n) is 6.30. The zero-order valence-corrected chi connectivity index (χ0v) is 13.4. The molecule has 6 nitrogen and oxygen atoms in total. The Morgan fingerprint density at radius 2 is 1.96 bits per heavy atom. The lowest BCUT2D eigenvalue weighted by Gasteiger charge is -2.36. The third-order valence-electron chi connectivity index (χ3n) is 4.63. The first-order valence-corrected chi connectivity index (χ1v) is 8.19. The summed E-state index contributed by atoms with van der Waals surface area (Å²) in [6.07, 6.45) is 4.65. The number of benzene rings is 1. The highest BCUT2D eigenvalue weighted by molar-refractivity contribution is 5.85. The molecule has 2 N–H and O–H groups in total. The summed E-state index contributed by atoms with van der Waals surface area (Å²) in [5.41, 5.74) is 1.04. The van der Waals surface area contributed by atoms with Crippen molar-refractivity contribution in [2.24, 2.45) is 5.41 Å². The van der Waals surface area contributed by atoms with Crippen molar-refractivity contribution in [1.29, 1.82) is 0 Å². The van der Waals surface area contributed by atoms with Gasteiger partial charge in [-0.3, -0.25) is 9.59 Å². The van der Waals surface area contributed by atoms with Crippen molar-refractivity contribution in [1.82, 2.24) is 15.1 Å². The quantitative estimate of drug-likeness (QED) is 0.816. The number of rotatable bonds is 7. The molecule has 2 aromatic rings. The van der Waals surface area contributed by atoms with Crippen molar-refractivity contribution < 1.29 is 14.7 Å². The van der Waals surface area contributed by atoms with E-state index in [-0.39, 0.29) is 12.3 Å². The van der Waals surface area contributed by atoms with Gasteiger partial charge in [-0.1, -0.05) is 24.6 Å². The number of nitrogens with one attached hydrogen (secondary N) is 1. The van der Waals surface area contributed by atoms with Crippen LogP contribution in [0, 0.1) is 5.41 Å². The lowest BCUT2D eigenvalue weighted by atomic mass is 9.66. The van der Waals surface area contributed by atoms with Gasteiger partial charge < -0.3 is 10.4 Å². The lowest BCUT2D eigenvalue weighted by molar-refractivity contribution is -0.157. The molecule has 126 valence electrons. The number of carbonyl (C=O) groups is 2. The zero-order valence-electron chi connectivity index (χ0n) is 13.4. The number of nitrogens with zero attached hydrogens (tertiary/aromatic N) is 2. The van der Waals surface area contributed by atoms with Crippen molar-refractivity contribution >= 4 is 11.9 Å². The summed E-state index contributed by atoms with van der Waals surface area (Å²) in [5, 5.41) is 16.5. The maximum Gasteiger partial charge on any atom is 0.310 e. The summed E-state index contributed by atoms with van der Waals surface area (Å²) in [5.74, 6) is -1.05. The molecule has 24 heavy (non-hydrogen) atoms. The van der Waals surface area contributed by atoms with E-state index in [1.54, 1.807) is 4.68 Å². The Balaban J connectivity index is 1.48. The minimum atomic E-state index is -0.856.